The largest absolute Gasteiger partial charge is 0.465 e. The monoisotopic (exact) mass is 401 g/mol. The molecule has 0 bridgehead atoms. The standard InChI is InChI=1S/C21H17ClFNO4/c1-12-15(21(26)27-2)11-18(28-12)19(20(25)13-6-4-3-5-7-13)24-17-9-8-14(22)10-16(17)23/h3-11,19,24H,1-2H3. The fourth-order valence-electron chi connectivity index (χ4n) is 2.76. The first kappa shape index (κ1) is 19.6. The first-order chi connectivity index (χ1) is 13.4. The van der Waals surface area contributed by atoms with Crippen molar-refractivity contribution in [2.24, 2.45) is 0 Å². The van der Waals surface area contributed by atoms with Gasteiger partial charge in [0, 0.05) is 10.6 Å². The van der Waals surface area contributed by atoms with Gasteiger partial charge in [0.25, 0.3) is 0 Å². The number of carbonyl (C=O) groups is 2. The van der Waals surface area contributed by atoms with Gasteiger partial charge in [-0.15, -0.1) is 0 Å². The third-order valence-electron chi connectivity index (χ3n) is 4.18. The summed E-state index contributed by atoms with van der Waals surface area (Å²) in [6.07, 6.45) is 0. The zero-order chi connectivity index (χ0) is 20.3. The molecule has 1 atom stereocenters. The molecule has 2 aromatic carbocycles. The minimum absolute atomic E-state index is 0.0763. The van der Waals surface area contributed by atoms with E-state index in [0.29, 0.717) is 11.3 Å². The number of furan rings is 1. The molecule has 1 N–H and O–H groups in total. The summed E-state index contributed by atoms with van der Waals surface area (Å²) in [6.45, 7) is 1.59. The Kier molecular flexibility index (Phi) is 5.80. The van der Waals surface area contributed by atoms with E-state index >= 15 is 0 Å². The van der Waals surface area contributed by atoms with E-state index in [1.54, 1.807) is 37.3 Å². The lowest BCUT2D eigenvalue weighted by molar-refractivity contribution is 0.0598. The number of anilines is 1. The number of esters is 1. The molecule has 1 unspecified atom stereocenters. The van der Waals surface area contributed by atoms with Crippen molar-refractivity contribution in [3.63, 3.8) is 0 Å². The maximum Gasteiger partial charge on any atom is 0.341 e. The molecule has 0 aliphatic carbocycles. The fourth-order valence-corrected chi connectivity index (χ4v) is 2.92. The Morgan fingerprint density at radius 1 is 1.14 bits per heavy atom. The number of hydrogen-bond acceptors (Lipinski definition) is 5. The smallest absolute Gasteiger partial charge is 0.341 e. The third-order valence-corrected chi connectivity index (χ3v) is 4.41. The molecule has 5 nitrogen and oxygen atoms in total. The molecule has 0 aliphatic rings. The van der Waals surface area contributed by atoms with Gasteiger partial charge < -0.3 is 14.5 Å². The van der Waals surface area contributed by atoms with Gasteiger partial charge in [0.2, 0.25) is 0 Å². The Morgan fingerprint density at radius 3 is 2.50 bits per heavy atom. The first-order valence-electron chi connectivity index (χ1n) is 8.40. The number of aryl methyl sites for hydroxylation is 1. The minimum atomic E-state index is -1.06. The van der Waals surface area contributed by atoms with E-state index in [1.165, 1.54) is 25.3 Å². The van der Waals surface area contributed by atoms with Gasteiger partial charge in [-0.1, -0.05) is 41.9 Å². The molecule has 1 aromatic heterocycles. The zero-order valence-electron chi connectivity index (χ0n) is 15.2. The van der Waals surface area contributed by atoms with E-state index in [9.17, 15) is 14.0 Å². The van der Waals surface area contributed by atoms with Gasteiger partial charge in [-0.25, -0.2) is 9.18 Å². The van der Waals surface area contributed by atoms with Crippen LogP contribution in [0, 0.1) is 12.7 Å². The zero-order valence-corrected chi connectivity index (χ0v) is 15.9. The van der Waals surface area contributed by atoms with Gasteiger partial charge in [-0.05, 0) is 31.2 Å². The van der Waals surface area contributed by atoms with Gasteiger partial charge >= 0.3 is 5.97 Å². The van der Waals surface area contributed by atoms with E-state index in [2.05, 4.69) is 5.32 Å². The number of ether oxygens (including phenoxy) is 1. The van der Waals surface area contributed by atoms with E-state index in [4.69, 9.17) is 20.8 Å². The summed E-state index contributed by atoms with van der Waals surface area (Å²) in [7, 11) is 1.25. The predicted octanol–water partition coefficient (Wildman–Crippen LogP) is 5.20. The van der Waals surface area contributed by atoms with Crippen LogP contribution in [-0.2, 0) is 4.74 Å². The topological polar surface area (TPSA) is 68.5 Å². The number of Topliss-reactive ketones (excluding diaryl/α,β-unsaturated/α-hetero) is 1. The second-order valence-electron chi connectivity index (χ2n) is 6.04. The third kappa shape index (κ3) is 4.07. The molecule has 0 saturated carbocycles. The van der Waals surface area contributed by atoms with Gasteiger partial charge in [0.05, 0.1) is 12.8 Å². The summed E-state index contributed by atoms with van der Waals surface area (Å²) >= 11 is 5.80. The number of ketones is 1. The van der Waals surface area contributed by atoms with Crippen molar-refractivity contribution >= 4 is 29.0 Å². The molecule has 1 heterocycles. The van der Waals surface area contributed by atoms with Crippen LogP contribution < -0.4 is 5.32 Å². The number of halogens is 2. The predicted molar refractivity (Wildman–Crippen MR) is 103 cm³/mol. The number of benzene rings is 2. The summed E-state index contributed by atoms with van der Waals surface area (Å²) in [5.41, 5.74) is 0.678. The van der Waals surface area contributed by atoms with Crippen molar-refractivity contribution in [3.8, 4) is 0 Å². The highest BCUT2D eigenvalue weighted by Crippen LogP contribution is 2.29. The molecule has 28 heavy (non-hydrogen) atoms. The number of methoxy groups -OCH3 is 1. The van der Waals surface area contributed by atoms with Crippen LogP contribution in [0.2, 0.25) is 5.02 Å². The maximum atomic E-state index is 14.3. The molecule has 0 aliphatic heterocycles. The highest BCUT2D eigenvalue weighted by Gasteiger charge is 2.28. The Hall–Kier alpha value is -3.12. The lowest BCUT2D eigenvalue weighted by Gasteiger charge is -2.17. The molecule has 0 spiro atoms. The average Bonchev–Trinajstić information content (AvgIpc) is 3.08. The first-order valence-corrected chi connectivity index (χ1v) is 8.78. The molecule has 144 valence electrons. The second kappa shape index (κ2) is 8.27. The minimum Gasteiger partial charge on any atom is -0.465 e. The Labute approximate surface area is 166 Å². The van der Waals surface area contributed by atoms with Gasteiger partial charge in [-0.2, -0.15) is 0 Å². The SMILES string of the molecule is COC(=O)c1cc(C(Nc2ccc(Cl)cc2F)C(=O)c2ccccc2)oc1C. The van der Waals surface area contributed by atoms with Crippen LogP contribution in [0.5, 0.6) is 0 Å². The van der Waals surface area contributed by atoms with E-state index in [1.807, 2.05) is 0 Å². The van der Waals surface area contributed by atoms with Crippen molar-refractivity contribution < 1.29 is 23.1 Å². The van der Waals surface area contributed by atoms with Crippen LogP contribution >= 0.6 is 11.6 Å². The fraction of sp³-hybridized carbons (Fsp3) is 0.143. The van der Waals surface area contributed by atoms with Crippen molar-refractivity contribution in [1.82, 2.24) is 0 Å². The van der Waals surface area contributed by atoms with Crippen LogP contribution in [0.15, 0.2) is 59.0 Å². The molecule has 0 amide bonds. The number of nitrogens with one attached hydrogen (secondary N) is 1. The number of hydrogen-bond donors (Lipinski definition) is 1. The van der Waals surface area contributed by atoms with Gasteiger partial charge in [0.15, 0.2) is 5.78 Å². The highest BCUT2D eigenvalue weighted by atomic mass is 35.5. The van der Waals surface area contributed by atoms with E-state index < -0.39 is 17.8 Å². The summed E-state index contributed by atoms with van der Waals surface area (Å²) < 4.78 is 24.7. The van der Waals surface area contributed by atoms with E-state index in [0.717, 1.165) is 6.07 Å². The second-order valence-corrected chi connectivity index (χ2v) is 6.48. The maximum absolute atomic E-state index is 14.3. The van der Waals surface area contributed by atoms with Crippen molar-refractivity contribution in [2.75, 3.05) is 12.4 Å². The molecule has 3 rings (SSSR count). The van der Waals surface area contributed by atoms with Crippen LogP contribution in [0.1, 0.15) is 38.3 Å². The van der Waals surface area contributed by atoms with Crippen LogP contribution in [0.25, 0.3) is 0 Å². The number of rotatable bonds is 6. The lowest BCUT2D eigenvalue weighted by atomic mass is 10.0. The van der Waals surface area contributed by atoms with Crippen LogP contribution in [-0.4, -0.2) is 18.9 Å². The molecule has 0 saturated heterocycles. The normalized spacial score (nSPS) is 11.7. The Morgan fingerprint density at radius 2 is 1.86 bits per heavy atom. The average molecular weight is 402 g/mol. The quantitative estimate of drug-likeness (QED) is 0.454. The van der Waals surface area contributed by atoms with Crippen molar-refractivity contribution in [3.05, 3.63) is 88.1 Å². The summed E-state index contributed by atoms with van der Waals surface area (Å²) in [6, 6.07) is 13.0. The summed E-state index contributed by atoms with van der Waals surface area (Å²) in [4.78, 5) is 25.0. The van der Waals surface area contributed by atoms with Crippen molar-refractivity contribution in [1.29, 1.82) is 0 Å². The van der Waals surface area contributed by atoms with Gasteiger partial charge in [-0.3, -0.25) is 4.79 Å². The van der Waals surface area contributed by atoms with E-state index in [-0.39, 0.29) is 27.8 Å². The lowest BCUT2D eigenvalue weighted by Crippen LogP contribution is -2.21. The Balaban J connectivity index is 2.04. The molecular weight excluding hydrogens is 385 g/mol. The van der Waals surface area contributed by atoms with Crippen LogP contribution in [0.3, 0.4) is 0 Å². The number of carbonyl (C=O) groups excluding carboxylic acids is 2. The van der Waals surface area contributed by atoms with Crippen LogP contribution in [0.4, 0.5) is 10.1 Å². The molecule has 0 radical (unpaired) electrons. The molecular formula is C21H17ClFNO4. The van der Waals surface area contributed by atoms with Gasteiger partial charge in [0.1, 0.15) is 28.9 Å². The summed E-state index contributed by atoms with van der Waals surface area (Å²) in [5.74, 6) is -1.08. The molecule has 3 aromatic rings. The molecule has 7 heteroatoms. The Bertz CT molecular complexity index is 1020. The molecule has 0 fully saturated rings. The summed E-state index contributed by atoms with van der Waals surface area (Å²) in [5, 5.41) is 3.09. The highest BCUT2D eigenvalue weighted by molar-refractivity contribution is 6.30. The van der Waals surface area contributed by atoms with Crippen molar-refractivity contribution in [2.45, 2.75) is 13.0 Å².